The number of hydrogen-bond acceptors (Lipinski definition) is 4. The van der Waals surface area contributed by atoms with E-state index < -0.39 is 0 Å². The van der Waals surface area contributed by atoms with Gasteiger partial charge in [-0.1, -0.05) is 32.0 Å². The maximum Gasteiger partial charge on any atom is 0.124 e. The topological polar surface area (TPSA) is 39.7 Å². The Morgan fingerprint density at radius 2 is 1.85 bits per heavy atom. The summed E-state index contributed by atoms with van der Waals surface area (Å²) >= 11 is 0. The second-order valence-corrected chi connectivity index (χ2v) is 5.01. The lowest BCUT2D eigenvalue weighted by Crippen LogP contribution is -2.29. The monoisotopic (exact) mass is 281 g/mol. The minimum absolute atomic E-state index is 0.00888. The van der Waals surface area contributed by atoms with Gasteiger partial charge in [0.05, 0.1) is 13.2 Å². The fourth-order valence-electron chi connectivity index (χ4n) is 1.96. The summed E-state index contributed by atoms with van der Waals surface area (Å²) in [6.07, 6.45) is 0.884. The lowest BCUT2D eigenvalue weighted by Gasteiger charge is -2.22. The highest BCUT2D eigenvalue weighted by molar-refractivity contribution is 5.35. The lowest BCUT2D eigenvalue weighted by atomic mass is 10.1. The van der Waals surface area contributed by atoms with E-state index in [1.807, 2.05) is 18.2 Å². The van der Waals surface area contributed by atoms with Crippen LogP contribution in [0.4, 0.5) is 0 Å². The van der Waals surface area contributed by atoms with Gasteiger partial charge in [0.1, 0.15) is 5.75 Å². The molecule has 4 nitrogen and oxygen atoms in total. The van der Waals surface area contributed by atoms with Gasteiger partial charge < -0.3 is 19.5 Å². The average molecular weight is 281 g/mol. The van der Waals surface area contributed by atoms with Crippen LogP contribution in [0.2, 0.25) is 0 Å². The van der Waals surface area contributed by atoms with E-state index in [4.69, 9.17) is 14.2 Å². The Bertz CT molecular complexity index is 368. The average Bonchev–Trinajstić information content (AvgIpc) is 2.46. The molecule has 20 heavy (non-hydrogen) atoms. The van der Waals surface area contributed by atoms with E-state index in [2.05, 4.69) is 25.2 Å². The van der Waals surface area contributed by atoms with E-state index in [0.29, 0.717) is 12.6 Å². The molecule has 0 spiro atoms. The van der Waals surface area contributed by atoms with Crippen LogP contribution >= 0.6 is 0 Å². The van der Waals surface area contributed by atoms with Crippen molar-refractivity contribution < 1.29 is 14.2 Å². The number of nitrogens with one attached hydrogen (secondary N) is 1. The van der Waals surface area contributed by atoms with Crippen LogP contribution in [0.1, 0.15) is 31.9 Å². The SMILES string of the molecule is COCCCOC(CNC(C)C)c1ccccc1OC. The highest BCUT2D eigenvalue weighted by Gasteiger charge is 2.16. The first-order valence-electron chi connectivity index (χ1n) is 7.15. The summed E-state index contributed by atoms with van der Waals surface area (Å²) in [6.45, 7) is 6.42. The summed E-state index contributed by atoms with van der Waals surface area (Å²) in [5.74, 6) is 0.870. The molecular weight excluding hydrogens is 254 g/mol. The molecule has 0 aliphatic rings. The van der Waals surface area contributed by atoms with Crippen LogP contribution in [0, 0.1) is 0 Å². The molecule has 0 radical (unpaired) electrons. The molecule has 0 saturated carbocycles. The number of ether oxygens (including phenoxy) is 3. The quantitative estimate of drug-likeness (QED) is 0.669. The second-order valence-electron chi connectivity index (χ2n) is 5.01. The fourth-order valence-corrected chi connectivity index (χ4v) is 1.96. The first kappa shape index (κ1) is 17.0. The molecule has 0 heterocycles. The predicted octanol–water partition coefficient (Wildman–Crippen LogP) is 2.79. The summed E-state index contributed by atoms with van der Waals surface area (Å²) in [4.78, 5) is 0. The molecule has 0 amide bonds. The van der Waals surface area contributed by atoms with Crippen LogP contribution in [0.5, 0.6) is 5.75 Å². The van der Waals surface area contributed by atoms with Crippen molar-refractivity contribution in [2.45, 2.75) is 32.4 Å². The molecule has 1 aromatic carbocycles. The molecule has 0 aliphatic heterocycles. The zero-order valence-corrected chi connectivity index (χ0v) is 13.0. The van der Waals surface area contributed by atoms with Gasteiger partial charge >= 0.3 is 0 Å². The number of methoxy groups -OCH3 is 2. The van der Waals surface area contributed by atoms with Crippen LogP contribution in [-0.4, -0.2) is 40.0 Å². The molecule has 0 saturated heterocycles. The van der Waals surface area contributed by atoms with E-state index in [1.54, 1.807) is 14.2 Å². The molecule has 1 unspecified atom stereocenters. The van der Waals surface area contributed by atoms with Gasteiger partial charge in [-0.2, -0.15) is 0 Å². The number of hydrogen-bond donors (Lipinski definition) is 1. The highest BCUT2D eigenvalue weighted by Crippen LogP contribution is 2.27. The highest BCUT2D eigenvalue weighted by atomic mass is 16.5. The van der Waals surface area contributed by atoms with Crippen molar-refractivity contribution in [1.82, 2.24) is 5.32 Å². The van der Waals surface area contributed by atoms with Crippen LogP contribution in [-0.2, 0) is 9.47 Å². The van der Waals surface area contributed by atoms with Crippen LogP contribution in [0.3, 0.4) is 0 Å². The normalized spacial score (nSPS) is 12.7. The Kier molecular flexibility index (Phi) is 8.26. The van der Waals surface area contributed by atoms with Crippen molar-refractivity contribution in [1.29, 1.82) is 0 Å². The van der Waals surface area contributed by atoms with E-state index in [9.17, 15) is 0 Å². The predicted molar refractivity (Wildman–Crippen MR) is 81.3 cm³/mol. The van der Waals surface area contributed by atoms with Gasteiger partial charge in [-0.3, -0.25) is 0 Å². The van der Waals surface area contributed by atoms with Crippen molar-refractivity contribution in [3.05, 3.63) is 29.8 Å². The van der Waals surface area contributed by atoms with Crippen molar-refractivity contribution in [3.8, 4) is 5.75 Å². The molecule has 1 atom stereocenters. The first-order valence-corrected chi connectivity index (χ1v) is 7.15. The number of benzene rings is 1. The Morgan fingerprint density at radius 3 is 2.50 bits per heavy atom. The maximum absolute atomic E-state index is 6.00. The zero-order chi connectivity index (χ0) is 14.8. The zero-order valence-electron chi connectivity index (χ0n) is 13.0. The fraction of sp³-hybridized carbons (Fsp3) is 0.625. The summed E-state index contributed by atoms with van der Waals surface area (Å²) in [5, 5.41) is 3.42. The minimum Gasteiger partial charge on any atom is -0.496 e. The first-order chi connectivity index (χ1) is 9.69. The molecule has 4 heteroatoms. The van der Waals surface area contributed by atoms with E-state index in [-0.39, 0.29) is 6.10 Å². The molecule has 1 N–H and O–H groups in total. The minimum atomic E-state index is -0.00888. The van der Waals surface area contributed by atoms with E-state index in [0.717, 1.165) is 30.9 Å². The molecule has 114 valence electrons. The van der Waals surface area contributed by atoms with E-state index in [1.165, 1.54) is 0 Å². The Balaban J connectivity index is 2.69. The summed E-state index contributed by atoms with van der Waals surface area (Å²) < 4.78 is 16.5. The van der Waals surface area contributed by atoms with Crippen molar-refractivity contribution in [2.75, 3.05) is 34.0 Å². The largest absolute Gasteiger partial charge is 0.496 e. The molecular formula is C16H27NO3. The van der Waals surface area contributed by atoms with Crippen LogP contribution in [0.25, 0.3) is 0 Å². The van der Waals surface area contributed by atoms with Gasteiger partial charge in [0, 0.05) is 38.5 Å². The second kappa shape index (κ2) is 9.75. The van der Waals surface area contributed by atoms with E-state index >= 15 is 0 Å². The number of para-hydroxylation sites is 1. The third kappa shape index (κ3) is 5.90. The molecule has 0 aliphatic carbocycles. The summed E-state index contributed by atoms with van der Waals surface area (Å²) in [7, 11) is 3.40. The lowest BCUT2D eigenvalue weighted by molar-refractivity contribution is 0.0364. The summed E-state index contributed by atoms with van der Waals surface area (Å²) in [5.41, 5.74) is 1.08. The van der Waals surface area contributed by atoms with Gasteiger partial charge in [0.15, 0.2) is 0 Å². The summed E-state index contributed by atoms with van der Waals surface area (Å²) in [6, 6.07) is 8.44. The van der Waals surface area contributed by atoms with Crippen molar-refractivity contribution >= 4 is 0 Å². The molecule has 1 aromatic rings. The Morgan fingerprint density at radius 1 is 1.10 bits per heavy atom. The van der Waals surface area contributed by atoms with Crippen LogP contribution < -0.4 is 10.1 Å². The molecule has 0 aromatic heterocycles. The molecule has 1 rings (SSSR count). The smallest absolute Gasteiger partial charge is 0.124 e. The standard InChI is InChI=1S/C16H27NO3/c1-13(2)17-12-16(20-11-7-10-18-3)14-8-5-6-9-15(14)19-4/h5-6,8-9,13,16-17H,7,10-12H2,1-4H3. The van der Waals surface area contributed by atoms with Crippen LogP contribution in [0.15, 0.2) is 24.3 Å². The van der Waals surface area contributed by atoms with Gasteiger partial charge in [-0.25, -0.2) is 0 Å². The number of rotatable bonds is 10. The Hall–Kier alpha value is -1.10. The Labute approximate surface area is 122 Å². The molecule has 0 bridgehead atoms. The maximum atomic E-state index is 6.00. The third-order valence-corrected chi connectivity index (χ3v) is 3.01. The van der Waals surface area contributed by atoms with Crippen molar-refractivity contribution in [2.24, 2.45) is 0 Å². The van der Waals surface area contributed by atoms with Gasteiger partial charge in [-0.15, -0.1) is 0 Å². The van der Waals surface area contributed by atoms with Gasteiger partial charge in [0.2, 0.25) is 0 Å². The van der Waals surface area contributed by atoms with Gasteiger partial charge in [-0.05, 0) is 12.5 Å². The third-order valence-electron chi connectivity index (χ3n) is 3.01. The van der Waals surface area contributed by atoms with Gasteiger partial charge in [0.25, 0.3) is 0 Å². The van der Waals surface area contributed by atoms with Crippen molar-refractivity contribution in [3.63, 3.8) is 0 Å². The molecule has 0 fully saturated rings.